The van der Waals surface area contributed by atoms with Gasteiger partial charge in [0.1, 0.15) is 12.6 Å². The minimum atomic E-state index is -0.989. The van der Waals surface area contributed by atoms with Gasteiger partial charge in [-0.15, -0.1) is 5.10 Å². The molecule has 1 saturated heterocycles. The number of carbonyl (C=O) groups is 3. The molecule has 9 heteroatoms. The zero-order valence-electron chi connectivity index (χ0n) is 12.6. The normalized spacial score (nSPS) is 26.8. The average molecular weight is 321 g/mol. The highest BCUT2D eigenvalue weighted by Crippen LogP contribution is 2.40. The molecule has 0 aromatic carbocycles. The lowest BCUT2D eigenvalue weighted by molar-refractivity contribution is -0.141. The van der Waals surface area contributed by atoms with Crippen LogP contribution in [0.25, 0.3) is 0 Å². The molecule has 0 radical (unpaired) electrons. The topological polar surface area (TPSA) is 131 Å². The van der Waals surface area contributed by atoms with E-state index >= 15 is 0 Å². The maximum Gasteiger partial charge on any atom is 0.326 e. The van der Waals surface area contributed by atoms with E-state index in [-0.39, 0.29) is 24.2 Å². The van der Waals surface area contributed by atoms with Crippen LogP contribution in [0.1, 0.15) is 42.6 Å². The fraction of sp³-hybridized carbons (Fsp3) is 0.643. The van der Waals surface area contributed by atoms with Crippen LogP contribution in [0.3, 0.4) is 0 Å². The number of hydrogen-bond acceptors (Lipinski definition) is 5. The fourth-order valence-corrected chi connectivity index (χ4v) is 3.74. The molecule has 124 valence electrons. The van der Waals surface area contributed by atoms with Gasteiger partial charge < -0.3 is 15.7 Å². The summed E-state index contributed by atoms with van der Waals surface area (Å²) in [6.45, 7) is -0.172. The van der Waals surface area contributed by atoms with Crippen molar-refractivity contribution >= 4 is 17.8 Å². The molecular formula is C14H19N5O4. The lowest BCUT2D eigenvalue weighted by atomic mass is 9.84. The third-order valence-corrected chi connectivity index (χ3v) is 4.68. The Morgan fingerprint density at radius 1 is 1.30 bits per heavy atom. The van der Waals surface area contributed by atoms with Crippen molar-refractivity contribution in [3.63, 3.8) is 0 Å². The Bertz CT molecular complexity index is 643. The van der Waals surface area contributed by atoms with E-state index in [1.807, 2.05) is 0 Å². The van der Waals surface area contributed by atoms with Gasteiger partial charge in [0.25, 0.3) is 5.91 Å². The van der Waals surface area contributed by atoms with E-state index in [0.29, 0.717) is 6.42 Å². The lowest BCUT2D eigenvalue weighted by Gasteiger charge is -2.32. The first kappa shape index (κ1) is 15.4. The van der Waals surface area contributed by atoms with Crippen LogP contribution in [0.4, 0.5) is 0 Å². The molecule has 3 unspecified atom stereocenters. The summed E-state index contributed by atoms with van der Waals surface area (Å²) in [4.78, 5) is 36.6. The maximum absolute atomic E-state index is 12.7. The molecule has 1 aliphatic heterocycles. The number of amides is 2. The summed E-state index contributed by atoms with van der Waals surface area (Å²) in [5, 5.41) is 16.9. The second kappa shape index (κ2) is 5.98. The van der Waals surface area contributed by atoms with Crippen molar-refractivity contribution in [2.45, 2.75) is 50.7 Å². The number of aromatic nitrogens is 3. The Balaban J connectivity index is 1.84. The predicted octanol–water partition coefficient (Wildman–Crippen LogP) is -0.379. The van der Waals surface area contributed by atoms with Crippen LogP contribution in [0.5, 0.6) is 0 Å². The summed E-state index contributed by atoms with van der Waals surface area (Å²) < 4.78 is 1.18. The predicted molar refractivity (Wildman–Crippen MR) is 77.2 cm³/mol. The first-order chi connectivity index (χ1) is 11.0. The number of carboxylic acids is 1. The molecule has 3 rings (SSSR count). The molecule has 0 spiro atoms. The summed E-state index contributed by atoms with van der Waals surface area (Å²) in [5.74, 6) is -1.79. The van der Waals surface area contributed by atoms with Crippen molar-refractivity contribution in [3.05, 3.63) is 11.9 Å². The van der Waals surface area contributed by atoms with Crippen molar-refractivity contribution in [2.24, 2.45) is 11.7 Å². The Hall–Kier alpha value is -2.45. The van der Waals surface area contributed by atoms with Crippen molar-refractivity contribution in [2.75, 3.05) is 0 Å². The molecule has 1 aliphatic carbocycles. The van der Waals surface area contributed by atoms with Crippen molar-refractivity contribution in [1.29, 1.82) is 0 Å². The van der Waals surface area contributed by atoms with E-state index in [0.717, 1.165) is 25.7 Å². The Morgan fingerprint density at radius 3 is 2.74 bits per heavy atom. The largest absolute Gasteiger partial charge is 0.480 e. The van der Waals surface area contributed by atoms with Gasteiger partial charge in [-0.25, -0.2) is 9.48 Å². The minimum Gasteiger partial charge on any atom is -0.480 e. The van der Waals surface area contributed by atoms with E-state index < -0.39 is 23.8 Å². The number of hydrogen-bond donors (Lipinski definition) is 2. The summed E-state index contributed by atoms with van der Waals surface area (Å²) in [5.41, 5.74) is 5.13. The van der Waals surface area contributed by atoms with Crippen LogP contribution in [-0.4, -0.2) is 54.9 Å². The molecule has 2 heterocycles. The molecule has 1 saturated carbocycles. The van der Waals surface area contributed by atoms with Crippen LogP contribution in [0.15, 0.2) is 6.20 Å². The number of rotatable bonds is 4. The first-order valence-electron chi connectivity index (χ1n) is 7.71. The summed E-state index contributed by atoms with van der Waals surface area (Å²) in [6, 6.07) is -0.879. The molecule has 23 heavy (non-hydrogen) atoms. The number of nitrogens with zero attached hydrogens (tertiary/aromatic N) is 4. The summed E-state index contributed by atoms with van der Waals surface area (Å²) in [7, 11) is 0. The third kappa shape index (κ3) is 2.90. The molecule has 2 amide bonds. The van der Waals surface area contributed by atoms with Gasteiger partial charge in [-0.05, 0) is 25.2 Å². The molecule has 1 aromatic heterocycles. The average Bonchev–Trinajstić information content (AvgIpc) is 3.10. The second-order valence-corrected chi connectivity index (χ2v) is 6.18. The van der Waals surface area contributed by atoms with Crippen molar-refractivity contribution in [3.8, 4) is 0 Å². The molecule has 3 N–H and O–H groups in total. The van der Waals surface area contributed by atoms with E-state index in [1.54, 1.807) is 0 Å². The number of likely N-dealkylation sites (tertiary alicyclic amines) is 1. The monoisotopic (exact) mass is 321 g/mol. The quantitative estimate of drug-likeness (QED) is 0.777. The highest BCUT2D eigenvalue weighted by Gasteiger charge is 2.48. The highest BCUT2D eigenvalue weighted by molar-refractivity contribution is 5.95. The number of aliphatic carboxylic acids is 1. The van der Waals surface area contributed by atoms with Gasteiger partial charge in [0, 0.05) is 6.04 Å². The second-order valence-electron chi connectivity index (χ2n) is 6.18. The maximum atomic E-state index is 12.7. The van der Waals surface area contributed by atoms with Gasteiger partial charge in [-0.1, -0.05) is 18.1 Å². The number of primary amides is 1. The Morgan fingerprint density at radius 2 is 2.04 bits per heavy atom. The van der Waals surface area contributed by atoms with Crippen LogP contribution in [0, 0.1) is 5.92 Å². The summed E-state index contributed by atoms with van der Waals surface area (Å²) >= 11 is 0. The summed E-state index contributed by atoms with van der Waals surface area (Å²) in [6.07, 6.45) is 5.65. The molecule has 0 bridgehead atoms. The highest BCUT2D eigenvalue weighted by atomic mass is 16.4. The molecule has 2 fully saturated rings. The molecule has 9 nitrogen and oxygen atoms in total. The van der Waals surface area contributed by atoms with E-state index in [4.69, 9.17) is 5.73 Å². The van der Waals surface area contributed by atoms with Gasteiger partial charge in [-0.2, -0.15) is 0 Å². The van der Waals surface area contributed by atoms with Gasteiger partial charge in [0.2, 0.25) is 5.91 Å². The molecule has 1 aromatic rings. The zero-order chi connectivity index (χ0) is 16.6. The van der Waals surface area contributed by atoms with Crippen LogP contribution >= 0.6 is 0 Å². The van der Waals surface area contributed by atoms with Crippen molar-refractivity contribution < 1.29 is 19.5 Å². The Labute approximate surface area is 132 Å². The van der Waals surface area contributed by atoms with Gasteiger partial charge in [0.15, 0.2) is 5.69 Å². The third-order valence-electron chi connectivity index (χ3n) is 4.68. The standard InChI is InChI=1S/C14H19N5O4/c15-12(20)7-18-6-9(16-17-18)13(21)19-10-4-2-1-3-8(10)5-11(19)14(22)23/h6,8,10-11H,1-5,7H2,(H2,15,20)(H,22,23). The van der Waals surface area contributed by atoms with E-state index in [1.165, 1.54) is 15.8 Å². The van der Waals surface area contributed by atoms with Crippen LogP contribution in [0.2, 0.25) is 0 Å². The number of carbonyl (C=O) groups excluding carboxylic acids is 2. The number of carboxylic acid groups (broad SMARTS) is 1. The molecular weight excluding hydrogens is 302 g/mol. The van der Waals surface area contributed by atoms with Gasteiger partial charge >= 0.3 is 5.97 Å². The van der Waals surface area contributed by atoms with E-state index in [2.05, 4.69) is 10.3 Å². The van der Waals surface area contributed by atoms with Crippen LogP contribution < -0.4 is 5.73 Å². The van der Waals surface area contributed by atoms with Gasteiger partial charge in [0.05, 0.1) is 6.20 Å². The van der Waals surface area contributed by atoms with Crippen molar-refractivity contribution in [1.82, 2.24) is 19.9 Å². The SMILES string of the molecule is NC(=O)Cn1cc(C(=O)N2C(C(=O)O)CC3CCCCC32)nn1. The smallest absolute Gasteiger partial charge is 0.326 e. The zero-order valence-corrected chi connectivity index (χ0v) is 12.6. The van der Waals surface area contributed by atoms with Crippen LogP contribution in [-0.2, 0) is 16.1 Å². The van der Waals surface area contributed by atoms with Gasteiger partial charge in [-0.3, -0.25) is 9.59 Å². The first-order valence-corrected chi connectivity index (χ1v) is 7.71. The minimum absolute atomic E-state index is 0.0451. The number of fused-ring (bicyclic) bond motifs is 1. The molecule has 2 aliphatic rings. The Kier molecular flexibility index (Phi) is 4.01. The van der Waals surface area contributed by atoms with E-state index in [9.17, 15) is 19.5 Å². The number of nitrogens with two attached hydrogens (primary N) is 1. The fourth-order valence-electron chi connectivity index (χ4n) is 3.74. The lowest BCUT2D eigenvalue weighted by Crippen LogP contribution is -2.46. The molecule has 3 atom stereocenters.